The number of aromatic nitrogens is 2. The van der Waals surface area contributed by atoms with Crippen molar-refractivity contribution >= 4 is 45.7 Å². The lowest BCUT2D eigenvalue weighted by Gasteiger charge is -2.16. The number of halogens is 3. The standard InChI is InChI=1S/C25H17ClF2N4O3/c26-22-12-19-17(13-30-22)20(7-10-29-19)35-21-6-5-16(11-18(21)28)32-24(34)25(8-9-25)23(33)31-15-3-1-14(27)2-4-15/h1-7,10-13H,8-9H2,(H,31,33)(H,32,34). The zero-order valence-corrected chi connectivity index (χ0v) is 18.8. The van der Waals surface area contributed by atoms with Crippen molar-refractivity contribution in [1.82, 2.24) is 9.97 Å². The van der Waals surface area contributed by atoms with Gasteiger partial charge in [0.15, 0.2) is 11.6 Å². The molecule has 0 bridgehead atoms. The molecule has 0 aliphatic heterocycles. The van der Waals surface area contributed by atoms with Gasteiger partial charge in [-0.1, -0.05) is 11.6 Å². The van der Waals surface area contributed by atoms with Crippen LogP contribution >= 0.6 is 11.6 Å². The molecule has 10 heteroatoms. The van der Waals surface area contributed by atoms with Gasteiger partial charge in [-0.15, -0.1) is 0 Å². The smallest absolute Gasteiger partial charge is 0.240 e. The van der Waals surface area contributed by atoms with E-state index in [4.69, 9.17) is 16.3 Å². The van der Waals surface area contributed by atoms with E-state index in [0.717, 1.165) is 6.07 Å². The minimum absolute atomic E-state index is 0.0689. The van der Waals surface area contributed by atoms with Gasteiger partial charge in [0.05, 0.1) is 10.9 Å². The number of anilines is 2. The molecular weight excluding hydrogens is 478 g/mol. The number of hydrogen-bond donors (Lipinski definition) is 2. The van der Waals surface area contributed by atoms with Gasteiger partial charge in [-0.3, -0.25) is 14.6 Å². The first-order chi connectivity index (χ1) is 16.8. The molecule has 176 valence electrons. The van der Waals surface area contributed by atoms with Crippen LogP contribution in [-0.2, 0) is 9.59 Å². The molecule has 1 aliphatic carbocycles. The minimum Gasteiger partial charge on any atom is -0.453 e. The molecule has 0 radical (unpaired) electrons. The summed E-state index contributed by atoms with van der Waals surface area (Å²) >= 11 is 5.89. The number of ether oxygens (including phenoxy) is 1. The summed E-state index contributed by atoms with van der Waals surface area (Å²) in [6.45, 7) is 0. The molecule has 0 spiro atoms. The van der Waals surface area contributed by atoms with Gasteiger partial charge in [-0.05, 0) is 55.3 Å². The number of carbonyl (C=O) groups is 2. The fourth-order valence-electron chi connectivity index (χ4n) is 3.58. The predicted molar refractivity (Wildman–Crippen MR) is 126 cm³/mol. The summed E-state index contributed by atoms with van der Waals surface area (Å²) in [5.74, 6) is -1.93. The first kappa shape index (κ1) is 22.7. The van der Waals surface area contributed by atoms with Crippen LogP contribution in [0.15, 0.2) is 67.0 Å². The number of benzene rings is 2. The highest BCUT2D eigenvalue weighted by molar-refractivity contribution is 6.30. The second-order valence-electron chi connectivity index (χ2n) is 8.08. The van der Waals surface area contributed by atoms with Gasteiger partial charge in [0.25, 0.3) is 0 Å². The third-order valence-electron chi connectivity index (χ3n) is 5.68. The quantitative estimate of drug-likeness (QED) is 0.264. The third-order valence-corrected chi connectivity index (χ3v) is 5.89. The maximum Gasteiger partial charge on any atom is 0.240 e. The largest absolute Gasteiger partial charge is 0.453 e. The third kappa shape index (κ3) is 4.63. The van der Waals surface area contributed by atoms with Crippen molar-refractivity contribution in [2.75, 3.05) is 10.6 Å². The Hall–Kier alpha value is -4.11. The van der Waals surface area contributed by atoms with Gasteiger partial charge in [0.1, 0.15) is 22.1 Å². The highest BCUT2D eigenvalue weighted by Crippen LogP contribution is 2.47. The monoisotopic (exact) mass is 494 g/mol. The number of carbonyl (C=O) groups excluding carboxylic acids is 2. The fraction of sp³-hybridized carbons (Fsp3) is 0.120. The number of nitrogens with one attached hydrogen (secondary N) is 2. The number of nitrogens with zero attached hydrogens (tertiary/aromatic N) is 2. The molecule has 1 fully saturated rings. The summed E-state index contributed by atoms with van der Waals surface area (Å²) < 4.78 is 33.6. The molecule has 4 aromatic rings. The number of fused-ring (bicyclic) bond motifs is 1. The van der Waals surface area contributed by atoms with Crippen LogP contribution < -0.4 is 15.4 Å². The van der Waals surface area contributed by atoms with Crippen LogP contribution in [0.4, 0.5) is 20.2 Å². The molecule has 2 heterocycles. The van der Waals surface area contributed by atoms with Crippen LogP contribution in [0.5, 0.6) is 11.5 Å². The number of amides is 2. The molecule has 1 saturated carbocycles. The SMILES string of the molecule is O=C(Nc1ccc(F)cc1)C1(C(=O)Nc2ccc(Oc3ccnc4cc(Cl)ncc34)c(F)c2)CC1. The minimum atomic E-state index is -1.26. The molecule has 2 amide bonds. The van der Waals surface area contributed by atoms with Crippen LogP contribution in [0.3, 0.4) is 0 Å². The molecule has 0 atom stereocenters. The highest BCUT2D eigenvalue weighted by atomic mass is 35.5. The number of rotatable bonds is 6. The molecule has 7 nitrogen and oxygen atoms in total. The normalized spacial score (nSPS) is 13.8. The fourth-order valence-corrected chi connectivity index (χ4v) is 3.73. The Morgan fingerprint density at radius 2 is 1.57 bits per heavy atom. The van der Waals surface area contributed by atoms with E-state index >= 15 is 0 Å². The molecule has 0 saturated heterocycles. The second-order valence-corrected chi connectivity index (χ2v) is 8.47. The Balaban J connectivity index is 1.29. The van der Waals surface area contributed by atoms with Crippen molar-refractivity contribution in [3.8, 4) is 11.5 Å². The number of hydrogen-bond acceptors (Lipinski definition) is 5. The summed E-state index contributed by atoms with van der Waals surface area (Å²) in [5, 5.41) is 6.05. The van der Waals surface area contributed by atoms with Crippen molar-refractivity contribution in [3.05, 3.63) is 83.8 Å². The average Bonchev–Trinajstić information content (AvgIpc) is 3.65. The molecule has 5 rings (SSSR count). The van der Waals surface area contributed by atoms with Crippen molar-refractivity contribution in [1.29, 1.82) is 0 Å². The van der Waals surface area contributed by atoms with Crippen LogP contribution in [-0.4, -0.2) is 21.8 Å². The molecule has 2 aromatic carbocycles. The Morgan fingerprint density at radius 3 is 2.26 bits per heavy atom. The van der Waals surface area contributed by atoms with E-state index in [1.54, 1.807) is 12.1 Å². The average molecular weight is 495 g/mol. The van der Waals surface area contributed by atoms with Crippen molar-refractivity contribution in [3.63, 3.8) is 0 Å². The van der Waals surface area contributed by atoms with Crippen LogP contribution in [0.1, 0.15) is 12.8 Å². The van der Waals surface area contributed by atoms with Crippen molar-refractivity contribution in [2.45, 2.75) is 12.8 Å². The van der Waals surface area contributed by atoms with Gasteiger partial charge in [-0.2, -0.15) is 0 Å². The number of pyridine rings is 2. The predicted octanol–water partition coefficient (Wildman–Crippen LogP) is 5.71. The molecule has 1 aliphatic rings. The first-order valence-corrected chi connectivity index (χ1v) is 11.0. The van der Waals surface area contributed by atoms with E-state index < -0.39 is 28.9 Å². The Bertz CT molecular complexity index is 1460. The van der Waals surface area contributed by atoms with Gasteiger partial charge in [0.2, 0.25) is 11.8 Å². The van der Waals surface area contributed by atoms with Gasteiger partial charge in [-0.25, -0.2) is 13.8 Å². The highest BCUT2D eigenvalue weighted by Gasteiger charge is 2.56. The van der Waals surface area contributed by atoms with Crippen molar-refractivity contribution in [2.24, 2.45) is 5.41 Å². The molecule has 2 aromatic heterocycles. The maximum absolute atomic E-state index is 14.8. The van der Waals surface area contributed by atoms with E-state index in [0.29, 0.717) is 35.2 Å². The van der Waals surface area contributed by atoms with Gasteiger partial charge >= 0.3 is 0 Å². The van der Waals surface area contributed by atoms with E-state index in [-0.39, 0.29) is 16.6 Å². The Morgan fingerprint density at radius 1 is 0.886 bits per heavy atom. The lowest BCUT2D eigenvalue weighted by Crippen LogP contribution is -2.35. The Labute approximate surface area is 203 Å². The zero-order chi connectivity index (χ0) is 24.6. The van der Waals surface area contributed by atoms with Gasteiger partial charge in [0, 0.05) is 35.9 Å². The molecule has 35 heavy (non-hydrogen) atoms. The topological polar surface area (TPSA) is 93.2 Å². The summed E-state index contributed by atoms with van der Waals surface area (Å²) in [5.41, 5.74) is -0.164. The molecule has 0 unspecified atom stereocenters. The lowest BCUT2D eigenvalue weighted by molar-refractivity contribution is -0.131. The molecular formula is C25H17ClF2N4O3. The van der Waals surface area contributed by atoms with E-state index in [2.05, 4.69) is 20.6 Å². The van der Waals surface area contributed by atoms with Crippen LogP contribution in [0.2, 0.25) is 5.15 Å². The summed E-state index contributed by atoms with van der Waals surface area (Å²) in [6, 6.07) is 12.3. The summed E-state index contributed by atoms with van der Waals surface area (Å²) in [4.78, 5) is 33.7. The Kier molecular flexibility index (Phi) is 5.78. The summed E-state index contributed by atoms with van der Waals surface area (Å²) in [7, 11) is 0. The first-order valence-electron chi connectivity index (χ1n) is 10.6. The van der Waals surface area contributed by atoms with Crippen molar-refractivity contribution < 1.29 is 23.1 Å². The maximum atomic E-state index is 14.8. The van der Waals surface area contributed by atoms with Crippen LogP contribution in [0.25, 0.3) is 10.9 Å². The van der Waals surface area contributed by atoms with Crippen LogP contribution in [0, 0.1) is 17.0 Å². The summed E-state index contributed by atoms with van der Waals surface area (Å²) in [6.07, 6.45) is 3.69. The zero-order valence-electron chi connectivity index (χ0n) is 18.0. The lowest BCUT2D eigenvalue weighted by atomic mass is 10.0. The van der Waals surface area contributed by atoms with E-state index in [1.807, 2.05) is 0 Å². The van der Waals surface area contributed by atoms with E-state index in [9.17, 15) is 18.4 Å². The molecule has 2 N–H and O–H groups in total. The van der Waals surface area contributed by atoms with E-state index in [1.165, 1.54) is 48.8 Å². The van der Waals surface area contributed by atoms with Gasteiger partial charge < -0.3 is 15.4 Å². The second kappa shape index (κ2) is 8.92.